The van der Waals surface area contributed by atoms with Gasteiger partial charge in [-0.1, -0.05) is 45.7 Å². The summed E-state index contributed by atoms with van der Waals surface area (Å²) >= 11 is 8.95. The van der Waals surface area contributed by atoms with Crippen LogP contribution in [0.15, 0.2) is 0 Å². The van der Waals surface area contributed by atoms with Crippen molar-refractivity contribution in [3.05, 3.63) is 0 Å². The lowest BCUT2D eigenvalue weighted by molar-refractivity contribution is 1.12. The van der Waals surface area contributed by atoms with Crippen molar-refractivity contribution in [1.29, 1.82) is 0 Å². The Bertz CT molecular complexity index is 56.1. The zero-order chi connectivity index (χ0) is 7.28. The van der Waals surface area contributed by atoms with E-state index in [9.17, 15) is 0 Å². The van der Waals surface area contributed by atoms with Crippen LogP contribution in [0.25, 0.3) is 0 Å². The van der Waals surface area contributed by atoms with Crippen LogP contribution in [0, 0.1) is 0 Å². The van der Waals surface area contributed by atoms with Crippen LogP contribution >= 0.6 is 43.6 Å². The molecular formula is C6H12Br2S. The minimum absolute atomic E-state index is 0.647. The lowest BCUT2D eigenvalue weighted by Gasteiger charge is -2.03. The second-order valence-electron chi connectivity index (χ2n) is 2.10. The van der Waals surface area contributed by atoms with Gasteiger partial charge in [0.15, 0.2) is 0 Å². The third-order valence-corrected chi connectivity index (χ3v) is 3.67. The summed E-state index contributed by atoms with van der Waals surface area (Å²) in [7, 11) is 0. The van der Waals surface area contributed by atoms with E-state index in [2.05, 4.69) is 45.7 Å². The molecule has 0 fully saturated rings. The molecule has 0 amide bonds. The molecule has 56 valence electrons. The first-order valence-electron chi connectivity index (χ1n) is 2.98. The molecule has 0 saturated carbocycles. The zero-order valence-corrected chi connectivity index (χ0v) is 9.72. The molecule has 0 aromatic heterocycles. The van der Waals surface area contributed by atoms with Crippen molar-refractivity contribution >= 4 is 43.6 Å². The molecule has 0 aliphatic rings. The van der Waals surface area contributed by atoms with Gasteiger partial charge in [-0.25, -0.2) is 0 Å². The molecule has 0 nitrogen and oxygen atoms in total. The average molecular weight is 276 g/mol. The van der Waals surface area contributed by atoms with Crippen molar-refractivity contribution < 1.29 is 0 Å². The number of halogens is 2. The van der Waals surface area contributed by atoms with Gasteiger partial charge in [-0.3, -0.25) is 0 Å². The summed E-state index contributed by atoms with van der Waals surface area (Å²) in [5, 5.41) is 0. The minimum Gasteiger partial charge on any atom is -0.160 e. The summed E-state index contributed by atoms with van der Waals surface area (Å²) in [5.74, 6) is 2.41. The van der Waals surface area contributed by atoms with E-state index in [1.54, 1.807) is 0 Å². The molecule has 0 heterocycles. The Morgan fingerprint density at radius 3 is 1.67 bits per heavy atom. The Hall–Kier alpha value is 1.31. The molecule has 0 unspecified atom stereocenters. The first-order valence-corrected chi connectivity index (χ1v) is 5.97. The standard InChI is InChI=1S/C6H12Br2S/c1-5(7)3-9-4-6(2)8/h5-6H,3-4H2,1-2H3/t5-,6-/m0/s1. The van der Waals surface area contributed by atoms with Crippen molar-refractivity contribution in [2.45, 2.75) is 23.5 Å². The predicted octanol–water partition coefficient (Wildman–Crippen LogP) is 3.29. The van der Waals surface area contributed by atoms with E-state index >= 15 is 0 Å². The van der Waals surface area contributed by atoms with Crippen LogP contribution in [0.3, 0.4) is 0 Å². The molecule has 0 spiro atoms. The number of hydrogen-bond donors (Lipinski definition) is 0. The first-order chi connectivity index (χ1) is 4.13. The molecule has 3 heteroatoms. The minimum atomic E-state index is 0.647. The summed E-state index contributed by atoms with van der Waals surface area (Å²) in [6, 6.07) is 0. The fourth-order valence-electron chi connectivity index (χ4n) is 0.393. The number of rotatable bonds is 4. The van der Waals surface area contributed by atoms with Gasteiger partial charge in [0.2, 0.25) is 0 Å². The third kappa shape index (κ3) is 9.31. The maximum Gasteiger partial charge on any atom is 0.0208 e. The van der Waals surface area contributed by atoms with E-state index in [-0.39, 0.29) is 0 Å². The summed E-state index contributed by atoms with van der Waals surface area (Å²) in [6.07, 6.45) is 0. The smallest absolute Gasteiger partial charge is 0.0208 e. The average Bonchev–Trinajstić information content (AvgIpc) is 1.63. The quantitative estimate of drug-likeness (QED) is 0.710. The van der Waals surface area contributed by atoms with Crippen molar-refractivity contribution in [2.75, 3.05) is 11.5 Å². The second kappa shape index (κ2) is 6.05. The van der Waals surface area contributed by atoms with E-state index < -0.39 is 0 Å². The van der Waals surface area contributed by atoms with Crippen LogP contribution in [0.2, 0.25) is 0 Å². The largest absolute Gasteiger partial charge is 0.160 e. The Kier molecular flexibility index (Phi) is 6.93. The molecule has 0 aromatic carbocycles. The zero-order valence-electron chi connectivity index (χ0n) is 5.73. The normalized spacial score (nSPS) is 17.3. The topological polar surface area (TPSA) is 0 Å². The highest BCUT2D eigenvalue weighted by Gasteiger charge is 1.98. The van der Waals surface area contributed by atoms with Gasteiger partial charge < -0.3 is 0 Å². The third-order valence-electron chi connectivity index (χ3n) is 0.695. The summed E-state index contributed by atoms with van der Waals surface area (Å²) in [4.78, 5) is 1.29. The highest BCUT2D eigenvalue weighted by molar-refractivity contribution is 9.10. The Labute approximate surface area is 78.4 Å². The fraction of sp³-hybridized carbons (Fsp3) is 1.00. The Morgan fingerprint density at radius 2 is 1.44 bits per heavy atom. The van der Waals surface area contributed by atoms with E-state index in [4.69, 9.17) is 0 Å². The predicted molar refractivity (Wildman–Crippen MR) is 54.1 cm³/mol. The molecular weight excluding hydrogens is 264 g/mol. The summed E-state index contributed by atoms with van der Waals surface area (Å²) < 4.78 is 0. The maximum atomic E-state index is 3.49. The first kappa shape index (κ1) is 10.3. The van der Waals surface area contributed by atoms with Crippen molar-refractivity contribution in [1.82, 2.24) is 0 Å². The summed E-state index contributed by atoms with van der Waals surface area (Å²) in [6.45, 7) is 4.35. The molecule has 0 N–H and O–H groups in total. The highest BCUT2D eigenvalue weighted by atomic mass is 79.9. The molecule has 0 aliphatic carbocycles. The van der Waals surface area contributed by atoms with Gasteiger partial charge in [0.05, 0.1) is 0 Å². The van der Waals surface area contributed by atoms with Crippen LogP contribution in [0.1, 0.15) is 13.8 Å². The van der Waals surface area contributed by atoms with Crippen LogP contribution in [-0.4, -0.2) is 21.2 Å². The molecule has 2 atom stereocenters. The molecule has 0 aromatic rings. The van der Waals surface area contributed by atoms with Gasteiger partial charge >= 0.3 is 0 Å². The molecule has 0 bridgehead atoms. The SMILES string of the molecule is C[C@H](Br)CSC[C@H](C)Br. The molecule has 9 heavy (non-hydrogen) atoms. The number of hydrogen-bond acceptors (Lipinski definition) is 1. The van der Waals surface area contributed by atoms with Crippen molar-refractivity contribution in [3.63, 3.8) is 0 Å². The maximum absolute atomic E-state index is 3.49. The van der Waals surface area contributed by atoms with Crippen LogP contribution in [0.4, 0.5) is 0 Å². The lowest BCUT2D eigenvalue weighted by atomic mass is 10.6. The van der Waals surface area contributed by atoms with Gasteiger partial charge in [0.25, 0.3) is 0 Å². The molecule has 0 saturated heterocycles. The van der Waals surface area contributed by atoms with E-state index in [0.29, 0.717) is 9.65 Å². The van der Waals surface area contributed by atoms with Gasteiger partial charge in [-0.05, 0) is 0 Å². The monoisotopic (exact) mass is 274 g/mol. The highest BCUT2D eigenvalue weighted by Crippen LogP contribution is 2.13. The van der Waals surface area contributed by atoms with Crippen molar-refractivity contribution in [3.8, 4) is 0 Å². The summed E-state index contributed by atoms with van der Waals surface area (Å²) in [5.41, 5.74) is 0. The second-order valence-corrected chi connectivity index (χ2v) is 6.30. The van der Waals surface area contributed by atoms with Crippen LogP contribution < -0.4 is 0 Å². The molecule has 0 aliphatic heterocycles. The number of alkyl halides is 2. The van der Waals surface area contributed by atoms with E-state index in [1.165, 1.54) is 11.5 Å². The van der Waals surface area contributed by atoms with Gasteiger partial charge in [0, 0.05) is 21.2 Å². The van der Waals surface area contributed by atoms with Gasteiger partial charge in [-0.2, -0.15) is 11.8 Å². The Balaban J connectivity index is 2.91. The molecule has 0 rings (SSSR count). The van der Waals surface area contributed by atoms with Crippen LogP contribution in [-0.2, 0) is 0 Å². The van der Waals surface area contributed by atoms with Crippen molar-refractivity contribution in [2.24, 2.45) is 0 Å². The van der Waals surface area contributed by atoms with Gasteiger partial charge in [-0.15, -0.1) is 0 Å². The van der Waals surface area contributed by atoms with Crippen LogP contribution in [0.5, 0.6) is 0 Å². The fourth-order valence-corrected chi connectivity index (χ4v) is 2.30. The van der Waals surface area contributed by atoms with E-state index in [0.717, 1.165) is 0 Å². The number of thioether (sulfide) groups is 1. The van der Waals surface area contributed by atoms with E-state index in [1.807, 2.05) is 11.8 Å². The molecule has 0 radical (unpaired) electrons. The van der Waals surface area contributed by atoms with Gasteiger partial charge in [0.1, 0.15) is 0 Å². The Morgan fingerprint density at radius 1 is 1.11 bits per heavy atom. The lowest BCUT2D eigenvalue weighted by Crippen LogP contribution is -1.99.